The van der Waals surface area contributed by atoms with E-state index in [0.29, 0.717) is 23.7 Å². The van der Waals surface area contributed by atoms with E-state index in [-0.39, 0.29) is 0 Å². The van der Waals surface area contributed by atoms with Crippen LogP contribution in [0.15, 0.2) is 30.3 Å². The summed E-state index contributed by atoms with van der Waals surface area (Å²) in [7, 11) is 3.14. The normalized spacial score (nSPS) is 12.5. The molecule has 4 heteroatoms. The van der Waals surface area contributed by atoms with Crippen LogP contribution in [0, 0.1) is 0 Å². The molecule has 0 radical (unpaired) electrons. The summed E-state index contributed by atoms with van der Waals surface area (Å²) in [5.41, 5.74) is 3.55. The van der Waals surface area contributed by atoms with Gasteiger partial charge in [0.2, 0.25) is 0 Å². The minimum atomic E-state index is 0.549. The Balaban J connectivity index is 2.14. The van der Waals surface area contributed by atoms with E-state index in [0.717, 1.165) is 29.6 Å². The number of benzene rings is 2. The fourth-order valence-electron chi connectivity index (χ4n) is 2.60. The molecule has 0 fully saturated rings. The highest BCUT2D eigenvalue weighted by atomic mass is 16.5. The smallest absolute Gasteiger partial charge is 0.161 e. The molecule has 0 atom stereocenters. The van der Waals surface area contributed by atoms with Crippen molar-refractivity contribution < 1.29 is 19.0 Å². The highest BCUT2D eigenvalue weighted by Gasteiger charge is 2.16. The largest absolute Gasteiger partial charge is 0.493 e. The summed E-state index contributed by atoms with van der Waals surface area (Å²) in [5.74, 6) is 2.08. The Kier molecular flexibility index (Phi) is 3.52. The number of carbonyl (C=O) groups is 1. The first kappa shape index (κ1) is 13.5. The lowest BCUT2D eigenvalue weighted by Gasteiger charge is -2.13. The van der Waals surface area contributed by atoms with Crippen LogP contribution in [0.2, 0.25) is 0 Å². The van der Waals surface area contributed by atoms with Crippen molar-refractivity contribution in [3.05, 3.63) is 41.5 Å². The summed E-state index contributed by atoms with van der Waals surface area (Å²) in [6.45, 7) is 0.714. The topological polar surface area (TPSA) is 44.8 Å². The molecular formula is C17H16O4. The highest BCUT2D eigenvalue weighted by molar-refractivity contribution is 5.89. The minimum Gasteiger partial charge on any atom is -0.493 e. The molecule has 4 nitrogen and oxygen atoms in total. The van der Waals surface area contributed by atoms with Crippen LogP contribution in [-0.4, -0.2) is 27.1 Å². The van der Waals surface area contributed by atoms with E-state index in [2.05, 4.69) is 6.07 Å². The molecule has 2 aromatic rings. The monoisotopic (exact) mass is 284 g/mol. The van der Waals surface area contributed by atoms with Gasteiger partial charge in [-0.1, -0.05) is 6.07 Å². The standard InChI is InChI=1S/C17H16O4/c1-19-16-8-13(10-18)14(9-17(16)20-2)11-3-4-15-12(7-11)5-6-21-15/h3-4,7-10H,5-6H2,1-2H3. The summed E-state index contributed by atoms with van der Waals surface area (Å²) in [4.78, 5) is 11.4. The molecule has 2 aromatic carbocycles. The van der Waals surface area contributed by atoms with Gasteiger partial charge in [0.05, 0.1) is 20.8 Å². The second kappa shape index (κ2) is 5.48. The second-order valence-corrected chi connectivity index (χ2v) is 4.83. The Morgan fingerprint density at radius 2 is 1.86 bits per heavy atom. The first-order valence-corrected chi connectivity index (χ1v) is 6.74. The van der Waals surface area contributed by atoms with Gasteiger partial charge < -0.3 is 14.2 Å². The summed E-state index contributed by atoms with van der Waals surface area (Å²) >= 11 is 0. The zero-order chi connectivity index (χ0) is 14.8. The molecule has 0 saturated carbocycles. The number of hydrogen-bond donors (Lipinski definition) is 0. The van der Waals surface area contributed by atoms with Gasteiger partial charge in [0.15, 0.2) is 17.8 Å². The number of rotatable bonds is 4. The molecule has 0 N–H and O–H groups in total. The van der Waals surface area contributed by atoms with Crippen LogP contribution >= 0.6 is 0 Å². The lowest BCUT2D eigenvalue weighted by molar-refractivity contribution is 0.112. The Bertz CT molecular complexity index is 691. The van der Waals surface area contributed by atoms with Crippen molar-refractivity contribution in [2.45, 2.75) is 6.42 Å². The Labute approximate surface area is 123 Å². The van der Waals surface area contributed by atoms with Gasteiger partial charge in [-0.15, -0.1) is 0 Å². The maximum atomic E-state index is 11.4. The fraction of sp³-hybridized carbons (Fsp3) is 0.235. The quantitative estimate of drug-likeness (QED) is 0.809. The number of hydrogen-bond acceptors (Lipinski definition) is 4. The van der Waals surface area contributed by atoms with Gasteiger partial charge in [-0.25, -0.2) is 0 Å². The van der Waals surface area contributed by atoms with Crippen molar-refractivity contribution in [3.8, 4) is 28.4 Å². The van der Waals surface area contributed by atoms with E-state index in [9.17, 15) is 4.79 Å². The van der Waals surface area contributed by atoms with Crippen LogP contribution in [-0.2, 0) is 6.42 Å². The van der Waals surface area contributed by atoms with Crippen LogP contribution in [0.25, 0.3) is 11.1 Å². The van der Waals surface area contributed by atoms with Crippen LogP contribution in [0.4, 0.5) is 0 Å². The number of methoxy groups -OCH3 is 2. The molecule has 0 amide bonds. The zero-order valence-corrected chi connectivity index (χ0v) is 12.0. The molecule has 1 heterocycles. The number of aldehydes is 1. The summed E-state index contributed by atoms with van der Waals surface area (Å²) in [5, 5.41) is 0. The van der Waals surface area contributed by atoms with Crippen molar-refractivity contribution in [2.75, 3.05) is 20.8 Å². The molecule has 0 aromatic heterocycles. The average Bonchev–Trinajstić information content (AvgIpc) is 3.00. The molecule has 1 aliphatic rings. The van der Waals surface area contributed by atoms with Crippen LogP contribution < -0.4 is 14.2 Å². The van der Waals surface area contributed by atoms with E-state index in [4.69, 9.17) is 14.2 Å². The zero-order valence-electron chi connectivity index (χ0n) is 12.0. The molecule has 0 spiro atoms. The highest BCUT2D eigenvalue weighted by Crippen LogP contribution is 2.37. The molecule has 108 valence electrons. The third kappa shape index (κ3) is 2.33. The van der Waals surface area contributed by atoms with Crippen LogP contribution in [0.5, 0.6) is 17.2 Å². The van der Waals surface area contributed by atoms with Crippen molar-refractivity contribution in [3.63, 3.8) is 0 Å². The van der Waals surface area contributed by atoms with Gasteiger partial charge in [-0.05, 0) is 41.0 Å². The third-order valence-electron chi connectivity index (χ3n) is 3.68. The molecule has 3 rings (SSSR count). The minimum absolute atomic E-state index is 0.549. The lowest BCUT2D eigenvalue weighted by Crippen LogP contribution is -1.95. The Morgan fingerprint density at radius 1 is 1.10 bits per heavy atom. The van der Waals surface area contributed by atoms with Crippen molar-refractivity contribution >= 4 is 6.29 Å². The molecule has 0 unspecified atom stereocenters. The van der Waals surface area contributed by atoms with E-state index >= 15 is 0 Å². The maximum Gasteiger partial charge on any atom is 0.161 e. The Morgan fingerprint density at radius 3 is 2.57 bits per heavy atom. The molecule has 0 aliphatic carbocycles. The van der Waals surface area contributed by atoms with Gasteiger partial charge in [-0.2, -0.15) is 0 Å². The predicted molar refractivity (Wildman–Crippen MR) is 79.6 cm³/mol. The van der Waals surface area contributed by atoms with Crippen molar-refractivity contribution in [2.24, 2.45) is 0 Å². The molecule has 21 heavy (non-hydrogen) atoms. The van der Waals surface area contributed by atoms with E-state index < -0.39 is 0 Å². The lowest BCUT2D eigenvalue weighted by atomic mass is 9.97. The number of fused-ring (bicyclic) bond motifs is 1. The predicted octanol–water partition coefficient (Wildman–Crippen LogP) is 3.12. The van der Waals surface area contributed by atoms with E-state index in [1.807, 2.05) is 18.2 Å². The van der Waals surface area contributed by atoms with Gasteiger partial charge in [0.1, 0.15) is 5.75 Å². The second-order valence-electron chi connectivity index (χ2n) is 4.83. The van der Waals surface area contributed by atoms with Crippen molar-refractivity contribution in [1.82, 2.24) is 0 Å². The Hall–Kier alpha value is -2.49. The van der Waals surface area contributed by atoms with Gasteiger partial charge >= 0.3 is 0 Å². The molecule has 1 aliphatic heterocycles. The SMILES string of the molecule is COc1cc(C=O)c(-c2ccc3c(c2)CCO3)cc1OC. The van der Waals surface area contributed by atoms with Gasteiger partial charge in [-0.3, -0.25) is 4.79 Å². The average molecular weight is 284 g/mol. The van der Waals surface area contributed by atoms with E-state index in [1.54, 1.807) is 20.3 Å². The summed E-state index contributed by atoms with van der Waals surface area (Å²) in [6.07, 6.45) is 1.73. The first-order valence-electron chi connectivity index (χ1n) is 6.74. The molecular weight excluding hydrogens is 268 g/mol. The van der Waals surface area contributed by atoms with Gasteiger partial charge in [0.25, 0.3) is 0 Å². The number of carbonyl (C=O) groups excluding carboxylic acids is 1. The first-order chi connectivity index (χ1) is 10.3. The summed E-state index contributed by atoms with van der Waals surface area (Å²) < 4.78 is 16.1. The van der Waals surface area contributed by atoms with Crippen LogP contribution in [0.3, 0.4) is 0 Å². The number of ether oxygens (including phenoxy) is 3. The molecule has 0 bridgehead atoms. The van der Waals surface area contributed by atoms with Crippen LogP contribution in [0.1, 0.15) is 15.9 Å². The third-order valence-corrected chi connectivity index (χ3v) is 3.68. The van der Waals surface area contributed by atoms with Crippen molar-refractivity contribution in [1.29, 1.82) is 0 Å². The molecule has 0 saturated heterocycles. The van der Waals surface area contributed by atoms with Gasteiger partial charge in [0, 0.05) is 12.0 Å². The maximum absolute atomic E-state index is 11.4. The van der Waals surface area contributed by atoms with E-state index in [1.165, 1.54) is 5.56 Å². The fourth-order valence-corrected chi connectivity index (χ4v) is 2.60. The summed E-state index contributed by atoms with van der Waals surface area (Å²) in [6, 6.07) is 9.50.